The molecule has 2 nitrogen and oxygen atoms in total. The van der Waals surface area contributed by atoms with Crippen LogP contribution in [0.4, 0.5) is 0 Å². The van der Waals surface area contributed by atoms with Crippen molar-refractivity contribution in [3.8, 4) is 0 Å². The van der Waals surface area contributed by atoms with E-state index in [0.717, 1.165) is 50.4 Å². The first kappa shape index (κ1) is 13.7. The van der Waals surface area contributed by atoms with E-state index >= 15 is 0 Å². The molecule has 0 spiro atoms. The monoisotopic (exact) mass is 286 g/mol. The third-order valence-corrected chi connectivity index (χ3v) is 7.05. The maximum absolute atomic E-state index is 12.5. The Bertz CT molecular complexity index is 504. The van der Waals surface area contributed by atoms with Gasteiger partial charge in [0.25, 0.3) is 0 Å². The van der Waals surface area contributed by atoms with E-state index < -0.39 is 0 Å². The van der Waals surface area contributed by atoms with Crippen molar-refractivity contribution in [2.75, 3.05) is 0 Å². The molecule has 0 amide bonds. The maximum atomic E-state index is 12.5. The van der Waals surface area contributed by atoms with Crippen molar-refractivity contribution in [1.29, 1.82) is 0 Å². The number of carbonyl (C=O) groups is 2. The summed E-state index contributed by atoms with van der Waals surface area (Å²) in [5, 5.41) is 0. The summed E-state index contributed by atoms with van der Waals surface area (Å²) in [6.07, 6.45) is 10.7. The first-order chi connectivity index (χ1) is 10.2. The lowest BCUT2D eigenvalue weighted by molar-refractivity contribution is -0.126. The van der Waals surface area contributed by atoms with E-state index in [1.165, 1.54) is 18.4 Å². The minimum atomic E-state index is 0.343. The molecule has 0 aliphatic heterocycles. The summed E-state index contributed by atoms with van der Waals surface area (Å²) in [4.78, 5) is 24.2. The fraction of sp³-hybridized carbons (Fsp3) is 0.789. The van der Waals surface area contributed by atoms with Gasteiger partial charge in [0, 0.05) is 18.3 Å². The molecule has 1 unspecified atom stereocenters. The molecule has 0 radical (unpaired) electrons. The van der Waals surface area contributed by atoms with E-state index in [4.69, 9.17) is 0 Å². The molecule has 3 saturated carbocycles. The van der Waals surface area contributed by atoms with E-state index in [1.54, 1.807) is 0 Å². The molecular formula is C19H26O2. The van der Waals surface area contributed by atoms with Gasteiger partial charge in [0.1, 0.15) is 5.78 Å². The number of rotatable bonds is 1. The Labute approximate surface area is 127 Å². The van der Waals surface area contributed by atoms with Gasteiger partial charge in [-0.3, -0.25) is 9.59 Å². The molecule has 0 heterocycles. The van der Waals surface area contributed by atoms with Crippen LogP contribution >= 0.6 is 0 Å². The number of ketones is 2. The van der Waals surface area contributed by atoms with E-state index in [1.807, 2.05) is 6.08 Å². The topological polar surface area (TPSA) is 34.1 Å². The number of hydrogen-bond acceptors (Lipinski definition) is 2. The Morgan fingerprint density at radius 2 is 1.81 bits per heavy atom. The van der Waals surface area contributed by atoms with Crippen molar-refractivity contribution in [2.45, 2.75) is 58.3 Å². The summed E-state index contributed by atoms with van der Waals surface area (Å²) in [6, 6.07) is 0. The molecule has 114 valence electrons. The lowest BCUT2D eigenvalue weighted by Gasteiger charge is -2.48. The van der Waals surface area contributed by atoms with Gasteiger partial charge < -0.3 is 0 Å². The molecule has 0 aromatic carbocycles. The highest BCUT2D eigenvalue weighted by molar-refractivity contribution is 5.91. The van der Waals surface area contributed by atoms with Crippen LogP contribution in [0.25, 0.3) is 0 Å². The number of carbonyl (C=O) groups excluding carboxylic acids is 2. The predicted octanol–water partition coefficient (Wildman–Crippen LogP) is 3.94. The molecule has 0 saturated heterocycles. The molecule has 2 heteroatoms. The normalized spacial score (nSPS) is 45.7. The lowest BCUT2D eigenvalue weighted by atomic mass is 9.56. The highest BCUT2D eigenvalue weighted by atomic mass is 16.1. The predicted molar refractivity (Wildman–Crippen MR) is 81.6 cm³/mol. The van der Waals surface area contributed by atoms with Crippen LogP contribution in [0.5, 0.6) is 0 Å². The summed E-state index contributed by atoms with van der Waals surface area (Å²) in [7, 11) is 0. The Kier molecular flexibility index (Phi) is 3.31. The summed E-state index contributed by atoms with van der Waals surface area (Å²) < 4.78 is 0. The van der Waals surface area contributed by atoms with Crippen LogP contribution in [0.15, 0.2) is 11.6 Å². The maximum Gasteiger partial charge on any atom is 0.155 e. The van der Waals surface area contributed by atoms with Gasteiger partial charge in [-0.1, -0.05) is 12.5 Å². The van der Waals surface area contributed by atoms with Crippen LogP contribution in [-0.4, -0.2) is 11.6 Å². The zero-order valence-corrected chi connectivity index (χ0v) is 13.0. The minimum Gasteiger partial charge on any atom is -0.299 e. The van der Waals surface area contributed by atoms with Crippen molar-refractivity contribution < 1.29 is 9.59 Å². The number of allylic oxidation sites excluding steroid dienone is 1. The largest absolute Gasteiger partial charge is 0.299 e. The van der Waals surface area contributed by atoms with Gasteiger partial charge in [0.15, 0.2) is 5.78 Å². The second-order valence-electron chi connectivity index (χ2n) is 7.79. The highest BCUT2D eigenvalue weighted by Crippen LogP contribution is 2.57. The third kappa shape index (κ3) is 2.05. The number of Topliss-reactive ketones (excluding diaryl/α,β-unsaturated/α-hetero) is 1. The van der Waals surface area contributed by atoms with Crippen molar-refractivity contribution >= 4 is 11.6 Å². The van der Waals surface area contributed by atoms with Crippen molar-refractivity contribution in [3.63, 3.8) is 0 Å². The highest BCUT2D eigenvalue weighted by Gasteiger charge is 2.52. The molecule has 0 aromatic heterocycles. The summed E-state index contributed by atoms with van der Waals surface area (Å²) in [6.45, 7) is 2.17. The van der Waals surface area contributed by atoms with Gasteiger partial charge in [-0.25, -0.2) is 0 Å². The van der Waals surface area contributed by atoms with Gasteiger partial charge in [-0.2, -0.15) is 0 Å². The quantitative estimate of drug-likeness (QED) is 0.731. The first-order valence-corrected chi connectivity index (χ1v) is 8.96. The lowest BCUT2D eigenvalue weighted by Crippen LogP contribution is -2.41. The average molecular weight is 286 g/mol. The van der Waals surface area contributed by atoms with Crippen LogP contribution in [0.1, 0.15) is 58.3 Å². The Morgan fingerprint density at radius 3 is 2.62 bits per heavy atom. The van der Waals surface area contributed by atoms with Gasteiger partial charge in [-0.15, -0.1) is 0 Å². The first-order valence-electron chi connectivity index (χ1n) is 8.96. The third-order valence-electron chi connectivity index (χ3n) is 7.05. The summed E-state index contributed by atoms with van der Waals surface area (Å²) in [5.41, 5.74) is 1.45. The smallest absolute Gasteiger partial charge is 0.155 e. The fourth-order valence-electron chi connectivity index (χ4n) is 6.10. The molecule has 0 N–H and O–H groups in total. The zero-order chi connectivity index (χ0) is 14.6. The second-order valence-corrected chi connectivity index (χ2v) is 7.79. The molecule has 21 heavy (non-hydrogen) atoms. The van der Waals surface area contributed by atoms with Crippen LogP contribution in [-0.2, 0) is 9.59 Å². The fourth-order valence-corrected chi connectivity index (χ4v) is 6.10. The average Bonchev–Trinajstić information content (AvgIpc) is 2.83. The molecular weight excluding hydrogens is 260 g/mol. The Hall–Kier alpha value is -0.920. The van der Waals surface area contributed by atoms with E-state index in [-0.39, 0.29) is 0 Å². The minimum absolute atomic E-state index is 0.343. The van der Waals surface area contributed by atoms with E-state index in [9.17, 15) is 9.59 Å². The molecule has 4 aliphatic rings. The zero-order valence-electron chi connectivity index (χ0n) is 13.0. The van der Waals surface area contributed by atoms with Crippen LogP contribution < -0.4 is 0 Å². The standard InChI is InChI=1S/C19H26O2/c1-2-11-10-18-16-5-3-12-9-13(20)4-6-14(12)15(16)7-8-17(18)19(11)21/h9,11,14-18H,2-8,10H2,1H3/t11?,14-,15+,16+,17-,18-/m0/s1. The van der Waals surface area contributed by atoms with Crippen LogP contribution in [0, 0.1) is 35.5 Å². The van der Waals surface area contributed by atoms with Crippen LogP contribution in [0.2, 0.25) is 0 Å². The Morgan fingerprint density at radius 1 is 0.952 bits per heavy atom. The molecule has 0 aromatic rings. The number of fused-ring (bicyclic) bond motifs is 5. The van der Waals surface area contributed by atoms with E-state index in [2.05, 4.69) is 6.92 Å². The molecule has 3 fully saturated rings. The van der Waals surface area contributed by atoms with Crippen molar-refractivity contribution in [2.24, 2.45) is 35.5 Å². The van der Waals surface area contributed by atoms with Gasteiger partial charge >= 0.3 is 0 Å². The van der Waals surface area contributed by atoms with E-state index in [0.29, 0.717) is 35.2 Å². The van der Waals surface area contributed by atoms with Gasteiger partial charge in [0.2, 0.25) is 0 Å². The van der Waals surface area contributed by atoms with Crippen LogP contribution in [0.3, 0.4) is 0 Å². The summed E-state index contributed by atoms with van der Waals surface area (Å²) >= 11 is 0. The number of hydrogen-bond donors (Lipinski definition) is 0. The van der Waals surface area contributed by atoms with Crippen molar-refractivity contribution in [3.05, 3.63) is 11.6 Å². The molecule has 4 aliphatic carbocycles. The molecule has 0 bridgehead atoms. The second kappa shape index (κ2) is 5.07. The molecule has 6 atom stereocenters. The van der Waals surface area contributed by atoms with Crippen molar-refractivity contribution in [1.82, 2.24) is 0 Å². The SMILES string of the molecule is CCC1C[C@H]2[C@@H]3CCC4=CC(=O)CC[C@@H]4[C@H]3CC[C@@H]2C1=O. The summed E-state index contributed by atoms with van der Waals surface area (Å²) in [5.74, 6) is 4.52. The Balaban J connectivity index is 1.59. The molecule has 4 rings (SSSR count). The van der Waals surface area contributed by atoms with Gasteiger partial charge in [-0.05, 0) is 74.7 Å². The van der Waals surface area contributed by atoms with Gasteiger partial charge in [0.05, 0.1) is 0 Å².